The van der Waals surface area contributed by atoms with Crippen LogP contribution in [0.15, 0.2) is 0 Å². The second kappa shape index (κ2) is 5.35. The van der Waals surface area contributed by atoms with Gasteiger partial charge in [-0.05, 0) is 25.8 Å². The van der Waals surface area contributed by atoms with Crippen LogP contribution in [0.2, 0.25) is 0 Å². The van der Waals surface area contributed by atoms with Gasteiger partial charge in [-0.2, -0.15) is 0 Å². The Morgan fingerprint density at radius 3 is 2.69 bits per heavy atom. The number of likely N-dealkylation sites (N-methyl/N-ethyl adjacent to an activating group) is 1. The number of ketones is 1. The Morgan fingerprint density at radius 2 is 2.23 bits per heavy atom. The molecule has 13 heavy (non-hydrogen) atoms. The molecule has 0 N–H and O–H groups in total. The summed E-state index contributed by atoms with van der Waals surface area (Å²) in [5, 5.41) is 0. The third-order valence-corrected chi connectivity index (χ3v) is 2.55. The minimum Gasteiger partial charge on any atom is -0.377 e. The summed E-state index contributed by atoms with van der Waals surface area (Å²) in [7, 11) is 3.57. The third kappa shape index (κ3) is 3.87. The number of ether oxygens (including phenoxy) is 1. The molecule has 0 aromatic rings. The van der Waals surface area contributed by atoms with Gasteiger partial charge < -0.3 is 4.74 Å². The van der Waals surface area contributed by atoms with Crippen molar-refractivity contribution in [2.24, 2.45) is 5.92 Å². The van der Waals surface area contributed by atoms with E-state index >= 15 is 0 Å². The molecule has 0 amide bonds. The van der Waals surface area contributed by atoms with Gasteiger partial charge in [0.2, 0.25) is 0 Å². The van der Waals surface area contributed by atoms with Crippen LogP contribution in [0.4, 0.5) is 0 Å². The highest BCUT2D eigenvalue weighted by molar-refractivity contribution is 5.81. The molecule has 0 heterocycles. The lowest BCUT2D eigenvalue weighted by molar-refractivity contribution is -0.123. The second-order valence-corrected chi connectivity index (χ2v) is 3.97. The highest BCUT2D eigenvalue weighted by Crippen LogP contribution is 2.26. The quantitative estimate of drug-likeness (QED) is 0.616. The number of carbonyl (C=O) groups is 1. The van der Waals surface area contributed by atoms with E-state index in [9.17, 15) is 4.79 Å². The summed E-state index contributed by atoms with van der Waals surface area (Å²) < 4.78 is 4.77. The van der Waals surface area contributed by atoms with E-state index in [0.29, 0.717) is 6.54 Å². The van der Waals surface area contributed by atoms with Crippen LogP contribution >= 0.6 is 0 Å². The zero-order valence-corrected chi connectivity index (χ0v) is 8.58. The zero-order valence-electron chi connectivity index (χ0n) is 8.58. The molecule has 0 aromatic heterocycles. The van der Waals surface area contributed by atoms with Gasteiger partial charge in [0, 0.05) is 13.7 Å². The first-order valence-corrected chi connectivity index (χ1v) is 4.91. The molecule has 0 saturated heterocycles. The number of Topliss-reactive ketones (excluding diaryl/α,β-unsaturated/α-hetero) is 1. The fourth-order valence-electron chi connectivity index (χ4n) is 1.69. The summed E-state index contributed by atoms with van der Waals surface area (Å²) >= 11 is 0. The van der Waals surface area contributed by atoms with E-state index in [2.05, 4.69) is 4.90 Å². The van der Waals surface area contributed by atoms with Crippen molar-refractivity contribution in [3.63, 3.8) is 0 Å². The van der Waals surface area contributed by atoms with Gasteiger partial charge in [-0.3, -0.25) is 9.69 Å². The molecule has 3 heteroatoms. The van der Waals surface area contributed by atoms with E-state index in [1.165, 1.54) is 19.3 Å². The summed E-state index contributed by atoms with van der Waals surface area (Å²) in [5.41, 5.74) is 0. The molecular formula is C10H19NO2. The van der Waals surface area contributed by atoms with Gasteiger partial charge in [0.15, 0.2) is 5.78 Å². The van der Waals surface area contributed by atoms with Gasteiger partial charge in [-0.15, -0.1) is 0 Å². The Morgan fingerprint density at radius 1 is 1.54 bits per heavy atom. The van der Waals surface area contributed by atoms with Crippen molar-refractivity contribution in [2.75, 3.05) is 33.9 Å². The van der Waals surface area contributed by atoms with Gasteiger partial charge >= 0.3 is 0 Å². The summed E-state index contributed by atoms with van der Waals surface area (Å²) in [6.45, 7) is 1.84. The fourth-order valence-corrected chi connectivity index (χ4v) is 1.69. The fraction of sp³-hybridized carbons (Fsp3) is 0.900. The van der Waals surface area contributed by atoms with Gasteiger partial charge in [0.25, 0.3) is 0 Å². The van der Waals surface area contributed by atoms with Crippen molar-refractivity contribution in [2.45, 2.75) is 19.3 Å². The summed E-state index contributed by atoms with van der Waals surface area (Å²) in [6.07, 6.45) is 4.04. The SMILES string of the molecule is COCC(=O)CN(C)CC1CCC1. The average Bonchev–Trinajstić information content (AvgIpc) is 1.97. The molecule has 1 aliphatic carbocycles. The predicted octanol–water partition coefficient (Wildman–Crippen LogP) is 0.934. The molecule has 1 saturated carbocycles. The number of carbonyl (C=O) groups excluding carboxylic acids is 1. The Balaban J connectivity index is 2.08. The maximum atomic E-state index is 11.2. The molecule has 0 atom stereocenters. The molecule has 3 nitrogen and oxygen atoms in total. The Labute approximate surface area is 80.1 Å². The Kier molecular flexibility index (Phi) is 4.39. The van der Waals surface area contributed by atoms with Crippen LogP contribution in [0.3, 0.4) is 0 Å². The molecule has 0 radical (unpaired) electrons. The summed E-state index contributed by atoms with van der Waals surface area (Å²) in [6, 6.07) is 0. The topological polar surface area (TPSA) is 29.5 Å². The van der Waals surface area contributed by atoms with Crippen LogP contribution in [0.5, 0.6) is 0 Å². The van der Waals surface area contributed by atoms with Crippen LogP contribution in [-0.4, -0.2) is 44.5 Å². The zero-order chi connectivity index (χ0) is 9.68. The van der Waals surface area contributed by atoms with Gasteiger partial charge in [0.05, 0.1) is 6.54 Å². The minimum atomic E-state index is 0.171. The highest BCUT2D eigenvalue weighted by Gasteiger charge is 2.19. The Bertz CT molecular complexity index is 166. The molecule has 0 unspecified atom stereocenters. The van der Waals surface area contributed by atoms with Crippen molar-refractivity contribution in [1.82, 2.24) is 4.90 Å². The molecule has 0 aliphatic heterocycles. The van der Waals surface area contributed by atoms with E-state index < -0.39 is 0 Å². The largest absolute Gasteiger partial charge is 0.377 e. The van der Waals surface area contributed by atoms with E-state index in [-0.39, 0.29) is 12.4 Å². The van der Waals surface area contributed by atoms with E-state index in [1.54, 1.807) is 7.11 Å². The predicted molar refractivity (Wildman–Crippen MR) is 51.7 cm³/mol. The van der Waals surface area contributed by atoms with E-state index in [4.69, 9.17) is 4.74 Å². The lowest BCUT2D eigenvalue weighted by Gasteiger charge is -2.29. The number of rotatable bonds is 6. The summed E-state index contributed by atoms with van der Waals surface area (Å²) in [5.74, 6) is 1.00. The van der Waals surface area contributed by atoms with Crippen molar-refractivity contribution < 1.29 is 9.53 Å². The lowest BCUT2D eigenvalue weighted by Crippen LogP contribution is -2.34. The van der Waals surface area contributed by atoms with E-state index in [0.717, 1.165) is 12.5 Å². The van der Waals surface area contributed by atoms with Crippen LogP contribution < -0.4 is 0 Å². The van der Waals surface area contributed by atoms with Crippen LogP contribution in [-0.2, 0) is 9.53 Å². The van der Waals surface area contributed by atoms with Crippen molar-refractivity contribution in [3.05, 3.63) is 0 Å². The molecule has 76 valence electrons. The van der Waals surface area contributed by atoms with Crippen molar-refractivity contribution in [1.29, 1.82) is 0 Å². The number of nitrogens with zero attached hydrogens (tertiary/aromatic N) is 1. The Hall–Kier alpha value is -0.410. The van der Waals surface area contributed by atoms with Crippen LogP contribution in [0.1, 0.15) is 19.3 Å². The molecular weight excluding hydrogens is 166 g/mol. The highest BCUT2D eigenvalue weighted by atomic mass is 16.5. The van der Waals surface area contributed by atoms with E-state index in [1.807, 2.05) is 7.05 Å². The molecule has 1 aliphatic rings. The molecule has 0 spiro atoms. The van der Waals surface area contributed by atoms with Crippen LogP contribution in [0.25, 0.3) is 0 Å². The smallest absolute Gasteiger partial charge is 0.172 e. The average molecular weight is 185 g/mol. The monoisotopic (exact) mass is 185 g/mol. The lowest BCUT2D eigenvalue weighted by atomic mass is 9.85. The van der Waals surface area contributed by atoms with Gasteiger partial charge in [0.1, 0.15) is 6.61 Å². The first-order valence-electron chi connectivity index (χ1n) is 4.91. The number of hydrogen-bond donors (Lipinski definition) is 0. The maximum Gasteiger partial charge on any atom is 0.172 e. The number of methoxy groups -OCH3 is 1. The molecule has 0 bridgehead atoms. The first kappa shape index (κ1) is 10.7. The first-order chi connectivity index (χ1) is 6.22. The standard InChI is InChI=1S/C10H19NO2/c1-11(6-9-4-3-5-9)7-10(12)8-13-2/h9H,3-8H2,1-2H3. The maximum absolute atomic E-state index is 11.2. The molecule has 1 fully saturated rings. The minimum absolute atomic E-state index is 0.171. The number of hydrogen-bond acceptors (Lipinski definition) is 3. The van der Waals surface area contributed by atoms with Crippen molar-refractivity contribution in [3.8, 4) is 0 Å². The summed E-state index contributed by atoms with van der Waals surface area (Å²) in [4.78, 5) is 13.3. The second-order valence-electron chi connectivity index (χ2n) is 3.97. The molecule has 1 rings (SSSR count). The van der Waals surface area contributed by atoms with Gasteiger partial charge in [-0.1, -0.05) is 6.42 Å². The third-order valence-electron chi connectivity index (χ3n) is 2.55. The van der Waals surface area contributed by atoms with Crippen molar-refractivity contribution >= 4 is 5.78 Å². The van der Waals surface area contributed by atoms with Crippen LogP contribution in [0, 0.1) is 5.92 Å². The van der Waals surface area contributed by atoms with Gasteiger partial charge in [-0.25, -0.2) is 0 Å². The normalized spacial score (nSPS) is 17.5. The molecule has 0 aromatic carbocycles.